The van der Waals surface area contributed by atoms with Crippen molar-refractivity contribution >= 4 is 17.3 Å². The van der Waals surface area contributed by atoms with Crippen molar-refractivity contribution in [2.45, 2.75) is 33.6 Å². The first kappa shape index (κ1) is 19.2. The van der Waals surface area contributed by atoms with Crippen LogP contribution in [0.2, 0.25) is 0 Å². The average molecular weight is 361 g/mol. The van der Waals surface area contributed by atoms with Crippen LogP contribution in [0.15, 0.2) is 34.6 Å². The van der Waals surface area contributed by atoms with Gasteiger partial charge in [0.1, 0.15) is 12.4 Å². The second kappa shape index (κ2) is 10.7. The molecule has 6 heteroatoms. The predicted octanol–water partition coefficient (Wildman–Crippen LogP) is 3.19. The van der Waals surface area contributed by atoms with Crippen molar-refractivity contribution < 1.29 is 4.74 Å². The maximum absolute atomic E-state index is 5.72. The van der Waals surface area contributed by atoms with Gasteiger partial charge in [-0.2, -0.15) is 0 Å². The van der Waals surface area contributed by atoms with E-state index in [4.69, 9.17) is 4.74 Å². The van der Waals surface area contributed by atoms with Gasteiger partial charge in [-0.3, -0.25) is 4.99 Å². The molecule has 0 atom stereocenters. The van der Waals surface area contributed by atoms with Crippen LogP contribution < -0.4 is 15.4 Å². The van der Waals surface area contributed by atoms with E-state index >= 15 is 0 Å². The van der Waals surface area contributed by atoms with Gasteiger partial charge in [-0.1, -0.05) is 24.6 Å². The van der Waals surface area contributed by atoms with E-state index in [1.54, 1.807) is 11.3 Å². The van der Waals surface area contributed by atoms with Gasteiger partial charge < -0.3 is 15.4 Å². The van der Waals surface area contributed by atoms with Crippen LogP contribution in [-0.2, 0) is 12.8 Å². The topological polar surface area (TPSA) is 58.5 Å². The van der Waals surface area contributed by atoms with Crippen molar-refractivity contribution in [1.29, 1.82) is 0 Å². The van der Waals surface area contributed by atoms with Crippen LogP contribution in [0.4, 0.5) is 0 Å². The SMILES string of the molecule is CCNC(=NCCc1csc(CC)n1)NCCOc1ccc(C)cc1. The number of thiazole rings is 1. The van der Waals surface area contributed by atoms with Gasteiger partial charge in [-0.25, -0.2) is 4.98 Å². The number of guanidine groups is 1. The Kier molecular flexibility index (Phi) is 8.25. The minimum atomic E-state index is 0.597. The molecule has 5 nitrogen and oxygen atoms in total. The number of benzene rings is 1. The van der Waals surface area contributed by atoms with E-state index in [2.05, 4.69) is 58.9 Å². The molecule has 0 amide bonds. The number of nitrogens with zero attached hydrogens (tertiary/aromatic N) is 2. The summed E-state index contributed by atoms with van der Waals surface area (Å²) in [6.07, 6.45) is 1.87. The summed E-state index contributed by atoms with van der Waals surface area (Å²) in [5.41, 5.74) is 2.36. The second-order valence-corrected chi connectivity index (χ2v) is 6.63. The molecule has 1 aromatic carbocycles. The van der Waals surface area contributed by atoms with Crippen LogP contribution in [-0.4, -0.2) is 37.2 Å². The summed E-state index contributed by atoms with van der Waals surface area (Å²) in [6.45, 7) is 9.12. The van der Waals surface area contributed by atoms with Crippen LogP contribution in [0.3, 0.4) is 0 Å². The van der Waals surface area contributed by atoms with Crippen molar-refractivity contribution in [3.8, 4) is 5.75 Å². The molecular formula is C19H28N4OS. The molecule has 136 valence electrons. The lowest BCUT2D eigenvalue weighted by Crippen LogP contribution is -2.39. The first-order valence-corrected chi connectivity index (χ1v) is 9.74. The zero-order valence-electron chi connectivity index (χ0n) is 15.3. The fourth-order valence-corrected chi connectivity index (χ4v) is 3.00. The fraction of sp³-hybridized carbons (Fsp3) is 0.474. The zero-order chi connectivity index (χ0) is 17.9. The smallest absolute Gasteiger partial charge is 0.191 e. The van der Waals surface area contributed by atoms with Crippen molar-refractivity contribution in [3.05, 3.63) is 45.9 Å². The standard InChI is InChI=1S/C19H28N4OS/c1-4-18-23-16(14-25-18)10-11-21-19(20-5-2)22-12-13-24-17-8-6-15(3)7-9-17/h6-9,14H,4-5,10-13H2,1-3H3,(H2,20,21,22). The van der Waals surface area contributed by atoms with Crippen LogP contribution in [0, 0.1) is 6.92 Å². The lowest BCUT2D eigenvalue weighted by atomic mass is 10.2. The van der Waals surface area contributed by atoms with Gasteiger partial charge in [0.05, 0.1) is 17.2 Å². The lowest BCUT2D eigenvalue weighted by Gasteiger charge is -2.12. The Hall–Kier alpha value is -2.08. The third kappa shape index (κ3) is 7.13. The number of rotatable bonds is 9. The van der Waals surface area contributed by atoms with Crippen molar-refractivity contribution in [3.63, 3.8) is 0 Å². The molecule has 0 aliphatic heterocycles. The third-order valence-corrected chi connectivity index (χ3v) is 4.61. The van der Waals surface area contributed by atoms with Gasteiger partial charge >= 0.3 is 0 Å². The fourth-order valence-electron chi connectivity index (χ4n) is 2.22. The molecule has 0 aliphatic carbocycles. The molecule has 0 aliphatic rings. The Balaban J connectivity index is 1.72. The Morgan fingerprint density at radius 3 is 2.68 bits per heavy atom. The molecular weight excluding hydrogens is 332 g/mol. The van der Waals surface area contributed by atoms with E-state index in [1.165, 1.54) is 10.6 Å². The van der Waals surface area contributed by atoms with Crippen LogP contribution in [0.5, 0.6) is 5.75 Å². The number of aliphatic imine (C=N–C) groups is 1. The number of aryl methyl sites for hydroxylation is 2. The maximum atomic E-state index is 5.72. The van der Waals surface area contributed by atoms with Crippen LogP contribution in [0.25, 0.3) is 0 Å². The van der Waals surface area contributed by atoms with E-state index in [9.17, 15) is 0 Å². The highest BCUT2D eigenvalue weighted by atomic mass is 32.1. The van der Waals surface area contributed by atoms with E-state index in [0.29, 0.717) is 13.2 Å². The summed E-state index contributed by atoms with van der Waals surface area (Å²) in [6, 6.07) is 8.09. The molecule has 2 aromatic rings. The summed E-state index contributed by atoms with van der Waals surface area (Å²) in [4.78, 5) is 9.18. The van der Waals surface area contributed by atoms with Gasteiger partial charge in [0.2, 0.25) is 0 Å². The quantitative estimate of drug-likeness (QED) is 0.410. The molecule has 0 radical (unpaired) electrons. The minimum absolute atomic E-state index is 0.597. The normalized spacial score (nSPS) is 11.4. The summed E-state index contributed by atoms with van der Waals surface area (Å²) in [5.74, 6) is 1.71. The first-order chi connectivity index (χ1) is 12.2. The summed E-state index contributed by atoms with van der Waals surface area (Å²) < 4.78 is 5.72. The lowest BCUT2D eigenvalue weighted by molar-refractivity contribution is 0.322. The molecule has 25 heavy (non-hydrogen) atoms. The highest BCUT2D eigenvalue weighted by Crippen LogP contribution is 2.11. The number of nitrogens with one attached hydrogen (secondary N) is 2. The van der Waals surface area contributed by atoms with E-state index in [1.807, 2.05) is 12.1 Å². The molecule has 2 N–H and O–H groups in total. The van der Waals surface area contributed by atoms with Crippen molar-refractivity contribution in [2.24, 2.45) is 4.99 Å². The summed E-state index contributed by atoms with van der Waals surface area (Å²) in [5, 5.41) is 9.88. The van der Waals surface area contributed by atoms with Gasteiger partial charge in [-0.05, 0) is 32.4 Å². The molecule has 0 bridgehead atoms. The van der Waals surface area contributed by atoms with Gasteiger partial charge in [0, 0.05) is 24.9 Å². The largest absolute Gasteiger partial charge is 0.492 e. The van der Waals surface area contributed by atoms with Crippen LogP contribution >= 0.6 is 11.3 Å². The van der Waals surface area contributed by atoms with Gasteiger partial charge in [-0.15, -0.1) is 11.3 Å². The Morgan fingerprint density at radius 1 is 1.20 bits per heavy atom. The van der Waals surface area contributed by atoms with Crippen LogP contribution in [0.1, 0.15) is 30.1 Å². The van der Waals surface area contributed by atoms with E-state index < -0.39 is 0 Å². The maximum Gasteiger partial charge on any atom is 0.191 e. The van der Waals surface area contributed by atoms with Gasteiger partial charge in [0.25, 0.3) is 0 Å². The Labute approximate surface area is 154 Å². The molecule has 0 saturated carbocycles. The highest BCUT2D eigenvalue weighted by molar-refractivity contribution is 7.09. The molecule has 0 spiro atoms. The predicted molar refractivity (Wildman–Crippen MR) is 106 cm³/mol. The van der Waals surface area contributed by atoms with E-state index in [0.717, 1.165) is 43.3 Å². The number of hydrogen-bond acceptors (Lipinski definition) is 4. The Bertz CT molecular complexity index is 652. The van der Waals surface area contributed by atoms with Crippen molar-refractivity contribution in [1.82, 2.24) is 15.6 Å². The molecule has 0 fully saturated rings. The number of aromatic nitrogens is 1. The third-order valence-electron chi connectivity index (χ3n) is 3.57. The molecule has 0 saturated heterocycles. The molecule has 1 heterocycles. The minimum Gasteiger partial charge on any atom is -0.492 e. The zero-order valence-corrected chi connectivity index (χ0v) is 16.2. The van der Waals surface area contributed by atoms with Gasteiger partial charge in [0.15, 0.2) is 5.96 Å². The summed E-state index contributed by atoms with van der Waals surface area (Å²) >= 11 is 1.73. The Morgan fingerprint density at radius 2 is 2.00 bits per heavy atom. The number of hydrogen-bond donors (Lipinski definition) is 2. The average Bonchev–Trinajstić information content (AvgIpc) is 3.08. The van der Waals surface area contributed by atoms with E-state index in [-0.39, 0.29) is 0 Å². The second-order valence-electron chi connectivity index (χ2n) is 5.69. The molecule has 2 rings (SSSR count). The highest BCUT2D eigenvalue weighted by Gasteiger charge is 2.01. The molecule has 1 aromatic heterocycles. The number of ether oxygens (including phenoxy) is 1. The first-order valence-electron chi connectivity index (χ1n) is 8.86. The van der Waals surface area contributed by atoms with Crippen molar-refractivity contribution in [2.75, 3.05) is 26.2 Å². The monoisotopic (exact) mass is 360 g/mol. The molecule has 0 unspecified atom stereocenters. The summed E-state index contributed by atoms with van der Waals surface area (Å²) in [7, 11) is 0.